The van der Waals surface area contributed by atoms with Gasteiger partial charge >= 0.3 is 0 Å². The van der Waals surface area contributed by atoms with Crippen molar-refractivity contribution in [2.75, 3.05) is 38.6 Å². The van der Waals surface area contributed by atoms with Gasteiger partial charge in [0.15, 0.2) is 5.76 Å². The summed E-state index contributed by atoms with van der Waals surface area (Å²) in [5.41, 5.74) is 0. The molecular weight excluding hydrogens is 346 g/mol. The predicted molar refractivity (Wildman–Crippen MR) is 80.3 cm³/mol. The summed E-state index contributed by atoms with van der Waals surface area (Å²) < 4.78 is 16.0. The average Bonchev–Trinajstić information content (AvgIpc) is 3.10. The molecule has 0 radical (unpaired) electrons. The fourth-order valence-electron chi connectivity index (χ4n) is 1.85. The minimum Gasteiger partial charge on any atom is -0.459 e. The van der Waals surface area contributed by atoms with Crippen LogP contribution in [0.5, 0.6) is 0 Å². The van der Waals surface area contributed by atoms with E-state index in [2.05, 4.69) is 15.1 Å². The highest BCUT2D eigenvalue weighted by atomic mass is 79.9. The molecule has 2 aromatic rings. The van der Waals surface area contributed by atoms with Gasteiger partial charge in [-0.2, -0.15) is 0 Å². The van der Waals surface area contributed by atoms with Gasteiger partial charge in [-0.05, 0) is 12.1 Å². The van der Waals surface area contributed by atoms with Crippen molar-refractivity contribution in [2.24, 2.45) is 0 Å². The topological polar surface area (TPSA) is 64.5 Å². The van der Waals surface area contributed by atoms with E-state index in [0.29, 0.717) is 16.9 Å². The van der Waals surface area contributed by atoms with Gasteiger partial charge in [0, 0.05) is 25.4 Å². The van der Waals surface area contributed by atoms with Crippen LogP contribution in [0.25, 0.3) is 11.7 Å². The Labute approximate surface area is 131 Å². The molecule has 20 heavy (non-hydrogen) atoms. The smallest absolute Gasteiger partial charge is 0.284 e. The molecule has 0 bridgehead atoms. The number of furan rings is 1. The first-order valence-corrected chi connectivity index (χ1v) is 7.21. The van der Waals surface area contributed by atoms with Crippen LogP contribution in [0.4, 0.5) is 0 Å². The molecule has 1 saturated heterocycles. The molecule has 0 unspecified atom stereocenters. The third kappa shape index (κ3) is 4.08. The van der Waals surface area contributed by atoms with E-state index in [-0.39, 0.29) is 17.0 Å². The van der Waals surface area contributed by atoms with Gasteiger partial charge in [0.2, 0.25) is 0 Å². The van der Waals surface area contributed by atoms with Gasteiger partial charge in [0.25, 0.3) is 11.1 Å². The molecule has 110 valence electrons. The van der Waals surface area contributed by atoms with Crippen LogP contribution in [-0.2, 0) is 4.74 Å². The summed E-state index contributed by atoms with van der Waals surface area (Å²) in [5, 5.41) is 8.54. The Balaban J connectivity index is 0.00000147. The predicted octanol–water partition coefficient (Wildman–Crippen LogP) is 2.33. The van der Waals surface area contributed by atoms with Gasteiger partial charge in [0.05, 0.1) is 19.5 Å². The van der Waals surface area contributed by atoms with E-state index in [9.17, 15) is 0 Å². The number of thioether (sulfide) groups is 1. The first kappa shape index (κ1) is 15.6. The largest absolute Gasteiger partial charge is 0.459 e. The Morgan fingerprint density at radius 3 is 2.85 bits per heavy atom. The highest BCUT2D eigenvalue weighted by molar-refractivity contribution is 8.93. The number of nitrogens with zero attached hydrogens (tertiary/aromatic N) is 3. The molecular formula is C12H16BrN3O3S. The van der Waals surface area contributed by atoms with Gasteiger partial charge in [-0.15, -0.1) is 27.2 Å². The van der Waals surface area contributed by atoms with Gasteiger partial charge in [-0.1, -0.05) is 11.8 Å². The average molecular weight is 362 g/mol. The van der Waals surface area contributed by atoms with Gasteiger partial charge in [0.1, 0.15) is 0 Å². The number of aromatic nitrogens is 2. The highest BCUT2D eigenvalue weighted by Gasteiger charge is 2.13. The quantitative estimate of drug-likeness (QED) is 0.757. The van der Waals surface area contributed by atoms with E-state index in [1.807, 2.05) is 0 Å². The fourth-order valence-corrected chi connectivity index (χ4v) is 2.62. The second-order valence-electron chi connectivity index (χ2n) is 4.15. The summed E-state index contributed by atoms with van der Waals surface area (Å²) in [4.78, 5) is 2.38. The second-order valence-corrected chi connectivity index (χ2v) is 5.20. The van der Waals surface area contributed by atoms with Crippen molar-refractivity contribution in [3.63, 3.8) is 0 Å². The maximum Gasteiger partial charge on any atom is 0.284 e. The van der Waals surface area contributed by atoms with Crippen LogP contribution in [-0.4, -0.2) is 53.7 Å². The lowest BCUT2D eigenvalue weighted by molar-refractivity contribution is 0.0410. The van der Waals surface area contributed by atoms with E-state index < -0.39 is 0 Å². The molecule has 3 rings (SSSR count). The van der Waals surface area contributed by atoms with Crippen molar-refractivity contribution in [2.45, 2.75) is 5.22 Å². The Morgan fingerprint density at radius 1 is 1.25 bits per heavy atom. The standard InChI is InChI=1S/C12H15N3O3S.BrH/c1-2-10(17-6-1)11-13-14-12(18-11)19-9-5-15-3-7-16-8-4-15;/h1-2,6H,3-5,7-9H2;1H. The third-order valence-corrected chi connectivity index (χ3v) is 3.67. The molecule has 0 aliphatic carbocycles. The number of morpholine rings is 1. The second kappa shape index (κ2) is 7.82. The van der Waals surface area contributed by atoms with Crippen LogP contribution in [0.2, 0.25) is 0 Å². The van der Waals surface area contributed by atoms with Crippen LogP contribution in [0.3, 0.4) is 0 Å². The molecule has 1 aliphatic rings. The van der Waals surface area contributed by atoms with Gasteiger partial charge in [-0.3, -0.25) is 4.90 Å². The van der Waals surface area contributed by atoms with E-state index in [4.69, 9.17) is 13.6 Å². The summed E-state index contributed by atoms with van der Waals surface area (Å²) in [7, 11) is 0. The molecule has 8 heteroatoms. The van der Waals surface area contributed by atoms with Gasteiger partial charge in [-0.25, -0.2) is 0 Å². The zero-order valence-electron chi connectivity index (χ0n) is 10.9. The molecule has 6 nitrogen and oxygen atoms in total. The maximum atomic E-state index is 5.52. The number of ether oxygens (including phenoxy) is 1. The molecule has 0 amide bonds. The molecule has 0 saturated carbocycles. The Morgan fingerprint density at radius 2 is 2.10 bits per heavy atom. The summed E-state index contributed by atoms with van der Waals surface area (Å²) in [6.45, 7) is 4.66. The van der Waals surface area contributed by atoms with E-state index in [0.717, 1.165) is 38.6 Å². The van der Waals surface area contributed by atoms with E-state index in [1.54, 1.807) is 30.2 Å². The lowest BCUT2D eigenvalue weighted by Crippen LogP contribution is -2.37. The molecule has 0 aromatic carbocycles. The number of halogens is 1. The minimum atomic E-state index is 0. The lowest BCUT2D eigenvalue weighted by Gasteiger charge is -2.25. The number of hydrogen-bond donors (Lipinski definition) is 0. The summed E-state index contributed by atoms with van der Waals surface area (Å²) >= 11 is 1.57. The molecule has 3 heterocycles. The normalized spacial score (nSPS) is 16.0. The molecule has 0 atom stereocenters. The van der Waals surface area contributed by atoms with Gasteiger partial charge < -0.3 is 13.6 Å². The molecule has 0 spiro atoms. The van der Waals surface area contributed by atoms with Crippen LogP contribution >= 0.6 is 28.7 Å². The highest BCUT2D eigenvalue weighted by Crippen LogP contribution is 2.23. The first-order chi connectivity index (χ1) is 9.42. The zero-order valence-corrected chi connectivity index (χ0v) is 13.4. The van der Waals surface area contributed by atoms with Crippen molar-refractivity contribution in [3.05, 3.63) is 18.4 Å². The molecule has 1 fully saturated rings. The summed E-state index contributed by atoms with van der Waals surface area (Å²) in [6.07, 6.45) is 1.59. The fraction of sp³-hybridized carbons (Fsp3) is 0.500. The lowest BCUT2D eigenvalue weighted by atomic mass is 10.4. The number of hydrogen-bond acceptors (Lipinski definition) is 7. The van der Waals surface area contributed by atoms with Crippen molar-refractivity contribution in [1.82, 2.24) is 15.1 Å². The van der Waals surface area contributed by atoms with Crippen molar-refractivity contribution < 1.29 is 13.6 Å². The third-order valence-electron chi connectivity index (χ3n) is 2.88. The molecule has 1 aliphatic heterocycles. The zero-order chi connectivity index (χ0) is 12.9. The SMILES string of the molecule is Br.c1coc(-c2nnc(SCCN3CCOCC3)o2)c1. The van der Waals surface area contributed by atoms with Crippen LogP contribution in [0, 0.1) is 0 Å². The Hall–Kier alpha value is -0.830. The Bertz CT molecular complexity index is 500. The van der Waals surface area contributed by atoms with Crippen LogP contribution in [0.1, 0.15) is 0 Å². The maximum absolute atomic E-state index is 5.52. The van der Waals surface area contributed by atoms with Crippen LogP contribution < -0.4 is 0 Å². The molecule has 2 aromatic heterocycles. The van der Waals surface area contributed by atoms with Crippen molar-refractivity contribution in [1.29, 1.82) is 0 Å². The summed E-state index contributed by atoms with van der Waals surface area (Å²) in [5.74, 6) is 1.96. The van der Waals surface area contributed by atoms with E-state index >= 15 is 0 Å². The minimum absolute atomic E-state index is 0. The Kier molecular flexibility index (Phi) is 6.08. The number of rotatable bonds is 5. The molecule has 0 N–H and O–H groups in total. The van der Waals surface area contributed by atoms with Crippen molar-refractivity contribution in [3.8, 4) is 11.7 Å². The first-order valence-electron chi connectivity index (χ1n) is 6.22. The van der Waals surface area contributed by atoms with Crippen LogP contribution in [0.15, 0.2) is 32.5 Å². The monoisotopic (exact) mass is 361 g/mol. The summed E-state index contributed by atoms with van der Waals surface area (Å²) in [6, 6.07) is 3.60. The van der Waals surface area contributed by atoms with E-state index in [1.165, 1.54) is 0 Å². The van der Waals surface area contributed by atoms with Crippen molar-refractivity contribution >= 4 is 28.7 Å².